The highest BCUT2D eigenvalue weighted by Gasteiger charge is 2.53. The average molecular weight is 339 g/mol. The Hall–Kier alpha value is -1.95. The molecule has 2 aromatic rings. The van der Waals surface area contributed by atoms with Gasteiger partial charge in [-0.3, -0.25) is 9.36 Å². The molecular weight excluding hydrogens is 314 g/mol. The van der Waals surface area contributed by atoms with Crippen molar-refractivity contribution in [3.63, 3.8) is 0 Å². The van der Waals surface area contributed by atoms with Crippen molar-refractivity contribution in [2.75, 3.05) is 18.4 Å². The number of nitrogens with zero attached hydrogens (tertiary/aromatic N) is 3. The molecule has 6 heteroatoms. The zero-order valence-electron chi connectivity index (χ0n) is 14.6. The molecule has 0 spiro atoms. The molecule has 0 amide bonds. The molecule has 3 heterocycles. The Morgan fingerprint density at radius 1 is 1.20 bits per heavy atom. The Bertz CT molecular complexity index is 845. The third-order valence-corrected chi connectivity index (χ3v) is 6.55. The van der Waals surface area contributed by atoms with Crippen molar-refractivity contribution in [1.82, 2.24) is 19.9 Å². The lowest BCUT2D eigenvalue weighted by Gasteiger charge is -2.24. The van der Waals surface area contributed by atoms with Gasteiger partial charge in [0.2, 0.25) is 5.95 Å². The molecule has 0 bridgehead atoms. The fourth-order valence-electron chi connectivity index (χ4n) is 4.96. The van der Waals surface area contributed by atoms with Crippen molar-refractivity contribution in [2.45, 2.75) is 44.7 Å². The first-order valence-corrected chi connectivity index (χ1v) is 9.56. The Labute approximate surface area is 147 Å². The lowest BCUT2D eigenvalue weighted by Crippen LogP contribution is -2.35. The highest BCUT2D eigenvalue weighted by molar-refractivity contribution is 5.75. The second-order valence-corrected chi connectivity index (χ2v) is 7.99. The molecule has 0 radical (unpaired) electrons. The van der Waals surface area contributed by atoms with Crippen LogP contribution in [-0.4, -0.2) is 33.7 Å². The van der Waals surface area contributed by atoms with Crippen molar-refractivity contribution < 1.29 is 0 Å². The Morgan fingerprint density at radius 2 is 1.96 bits per heavy atom. The van der Waals surface area contributed by atoms with E-state index in [2.05, 4.69) is 22.5 Å². The topological polar surface area (TPSA) is 71.8 Å². The van der Waals surface area contributed by atoms with E-state index in [4.69, 9.17) is 4.98 Å². The van der Waals surface area contributed by atoms with Crippen LogP contribution in [0.15, 0.2) is 23.1 Å². The average Bonchev–Trinajstić information content (AvgIpc) is 3.04. The largest absolute Gasteiger partial charge is 0.351 e. The summed E-state index contributed by atoms with van der Waals surface area (Å²) in [5.74, 6) is 3.10. The first-order valence-electron chi connectivity index (χ1n) is 9.56. The molecule has 4 atom stereocenters. The summed E-state index contributed by atoms with van der Waals surface area (Å²) in [5.41, 5.74) is 0.857. The standard InChI is InChI=1S/C19H25N5O/c1-11-15-8-14(9-16(11)15)24-17(25)3-2-12-10-21-19(23-18(12)24)22-13-4-6-20-7-5-13/h2-3,10-11,13-16,20H,4-9H2,1H3,(H,21,22,23)/t11-,14+,15+,16-. The minimum atomic E-state index is 0.0676. The molecule has 3 fully saturated rings. The predicted octanol–water partition coefficient (Wildman–Crippen LogP) is 2.17. The van der Waals surface area contributed by atoms with Crippen molar-refractivity contribution >= 4 is 17.0 Å². The minimum absolute atomic E-state index is 0.0676. The number of fused-ring (bicyclic) bond motifs is 2. The number of pyridine rings is 1. The van der Waals surface area contributed by atoms with Crippen molar-refractivity contribution in [3.8, 4) is 0 Å². The zero-order valence-corrected chi connectivity index (χ0v) is 14.6. The summed E-state index contributed by atoms with van der Waals surface area (Å²) in [6.45, 7) is 4.39. The lowest BCUT2D eigenvalue weighted by atomic mass is 10.1. The molecule has 1 aliphatic heterocycles. The van der Waals surface area contributed by atoms with Gasteiger partial charge in [0.25, 0.3) is 5.56 Å². The third kappa shape index (κ3) is 2.63. The van der Waals surface area contributed by atoms with Gasteiger partial charge in [-0.05, 0) is 62.6 Å². The normalized spacial score (nSPS) is 31.9. The third-order valence-electron chi connectivity index (χ3n) is 6.55. The van der Waals surface area contributed by atoms with Crippen LogP contribution in [0.4, 0.5) is 5.95 Å². The number of piperidine rings is 1. The monoisotopic (exact) mass is 339 g/mol. The van der Waals surface area contributed by atoms with Crippen LogP contribution in [0.1, 0.15) is 38.6 Å². The molecule has 2 aliphatic carbocycles. The molecule has 1 saturated heterocycles. The molecular formula is C19H25N5O. The maximum atomic E-state index is 12.6. The Morgan fingerprint density at radius 3 is 2.72 bits per heavy atom. The van der Waals surface area contributed by atoms with E-state index < -0.39 is 0 Å². The van der Waals surface area contributed by atoms with Crippen LogP contribution < -0.4 is 16.2 Å². The van der Waals surface area contributed by atoms with E-state index in [0.29, 0.717) is 18.0 Å². The summed E-state index contributed by atoms with van der Waals surface area (Å²) >= 11 is 0. The van der Waals surface area contributed by atoms with Gasteiger partial charge in [0.05, 0.1) is 0 Å². The quantitative estimate of drug-likeness (QED) is 0.897. The summed E-state index contributed by atoms with van der Waals surface area (Å²) in [6, 6.07) is 4.21. The molecule has 6 nitrogen and oxygen atoms in total. The summed E-state index contributed by atoms with van der Waals surface area (Å²) in [4.78, 5) is 21.8. The van der Waals surface area contributed by atoms with Crippen LogP contribution in [0.2, 0.25) is 0 Å². The lowest BCUT2D eigenvalue weighted by molar-refractivity contribution is 0.435. The fraction of sp³-hybridized carbons (Fsp3) is 0.632. The van der Waals surface area contributed by atoms with Crippen LogP contribution in [0, 0.1) is 17.8 Å². The van der Waals surface area contributed by atoms with Crippen molar-refractivity contribution in [3.05, 3.63) is 28.7 Å². The summed E-state index contributed by atoms with van der Waals surface area (Å²) < 4.78 is 1.93. The first-order chi connectivity index (χ1) is 12.2. The number of nitrogens with one attached hydrogen (secondary N) is 2. The molecule has 2 N–H and O–H groups in total. The van der Waals surface area contributed by atoms with Gasteiger partial charge in [0, 0.05) is 29.7 Å². The van der Waals surface area contributed by atoms with Gasteiger partial charge >= 0.3 is 0 Å². The predicted molar refractivity (Wildman–Crippen MR) is 97.7 cm³/mol. The number of hydrogen-bond acceptors (Lipinski definition) is 5. The van der Waals surface area contributed by atoms with Crippen LogP contribution in [0.25, 0.3) is 11.0 Å². The second kappa shape index (κ2) is 5.80. The molecule has 0 unspecified atom stereocenters. The van der Waals surface area contributed by atoms with E-state index >= 15 is 0 Å². The van der Waals surface area contributed by atoms with E-state index in [0.717, 1.165) is 67.6 Å². The molecule has 3 aliphatic rings. The SMILES string of the molecule is C[C@H]1[C@H]2C[C@@H](n3c(=O)ccc4cnc(NC5CCNCC5)nc43)C[C@@H]12. The number of anilines is 1. The molecule has 0 aromatic carbocycles. The van der Waals surface area contributed by atoms with Crippen LogP contribution in [-0.2, 0) is 0 Å². The van der Waals surface area contributed by atoms with E-state index in [1.54, 1.807) is 6.07 Å². The number of hydrogen-bond donors (Lipinski definition) is 2. The number of aromatic nitrogens is 3. The van der Waals surface area contributed by atoms with Gasteiger partial charge in [-0.1, -0.05) is 6.92 Å². The minimum Gasteiger partial charge on any atom is -0.351 e. The molecule has 25 heavy (non-hydrogen) atoms. The fourth-order valence-corrected chi connectivity index (χ4v) is 4.96. The highest BCUT2D eigenvalue weighted by atomic mass is 16.1. The maximum absolute atomic E-state index is 12.6. The van der Waals surface area contributed by atoms with E-state index in [-0.39, 0.29) is 5.56 Å². The highest BCUT2D eigenvalue weighted by Crippen LogP contribution is 2.60. The van der Waals surface area contributed by atoms with Crippen LogP contribution >= 0.6 is 0 Å². The summed E-state index contributed by atoms with van der Waals surface area (Å²) in [6.07, 6.45) is 6.23. The van der Waals surface area contributed by atoms with Gasteiger partial charge < -0.3 is 10.6 Å². The summed E-state index contributed by atoms with van der Waals surface area (Å²) in [5, 5.41) is 7.77. The summed E-state index contributed by atoms with van der Waals surface area (Å²) in [7, 11) is 0. The molecule has 2 saturated carbocycles. The van der Waals surface area contributed by atoms with Gasteiger partial charge in [-0.2, -0.15) is 4.98 Å². The Kier molecular flexibility index (Phi) is 3.55. The Balaban J connectivity index is 1.49. The number of rotatable bonds is 3. The van der Waals surface area contributed by atoms with Crippen molar-refractivity contribution in [1.29, 1.82) is 0 Å². The van der Waals surface area contributed by atoms with Gasteiger partial charge in [-0.25, -0.2) is 4.98 Å². The van der Waals surface area contributed by atoms with Crippen LogP contribution in [0.5, 0.6) is 0 Å². The van der Waals surface area contributed by atoms with Crippen LogP contribution in [0.3, 0.4) is 0 Å². The van der Waals surface area contributed by atoms with Gasteiger partial charge in [0.1, 0.15) is 5.65 Å². The van der Waals surface area contributed by atoms with E-state index in [1.165, 1.54) is 0 Å². The maximum Gasteiger partial charge on any atom is 0.252 e. The van der Waals surface area contributed by atoms with Gasteiger partial charge in [-0.15, -0.1) is 0 Å². The molecule has 132 valence electrons. The molecule has 5 rings (SSSR count). The van der Waals surface area contributed by atoms with E-state index in [1.807, 2.05) is 16.8 Å². The zero-order chi connectivity index (χ0) is 17.0. The molecule has 2 aromatic heterocycles. The van der Waals surface area contributed by atoms with Crippen molar-refractivity contribution in [2.24, 2.45) is 17.8 Å². The van der Waals surface area contributed by atoms with E-state index in [9.17, 15) is 4.79 Å². The van der Waals surface area contributed by atoms with Gasteiger partial charge in [0.15, 0.2) is 0 Å². The smallest absolute Gasteiger partial charge is 0.252 e. The second-order valence-electron chi connectivity index (χ2n) is 7.99. The first kappa shape index (κ1) is 15.3.